The molecule has 3 nitrogen and oxygen atoms in total. The zero-order valence-electron chi connectivity index (χ0n) is 15.4. The van der Waals surface area contributed by atoms with Crippen LogP contribution in [0.5, 0.6) is 0 Å². The third-order valence-corrected chi connectivity index (χ3v) is 9.23. The number of halogens is 2. The third kappa shape index (κ3) is 4.41. The van der Waals surface area contributed by atoms with E-state index in [1.807, 2.05) is 54.6 Å². The van der Waals surface area contributed by atoms with Crippen LogP contribution in [0.3, 0.4) is 0 Å². The molecule has 0 N–H and O–H groups in total. The summed E-state index contributed by atoms with van der Waals surface area (Å²) in [4.78, 5) is 12.9. The normalized spacial score (nSPS) is 11.9. The summed E-state index contributed by atoms with van der Waals surface area (Å²) in [5.74, 6) is -1.07. The Kier molecular flexibility index (Phi) is 8.90. The Morgan fingerprint density at radius 2 is 1.18 bits per heavy atom. The van der Waals surface area contributed by atoms with E-state index in [1.54, 1.807) is 0 Å². The van der Waals surface area contributed by atoms with Crippen LogP contribution in [0, 0.1) is 0 Å². The molecule has 3 rings (SSSR count). The van der Waals surface area contributed by atoms with E-state index in [1.165, 1.54) is 7.11 Å². The average Bonchev–Trinajstić information content (AvgIpc) is 2.75. The smallest absolute Gasteiger partial charge is 0.376 e. The molecular weight excluding hydrogens is 506 g/mol. The van der Waals surface area contributed by atoms with Gasteiger partial charge < -0.3 is 21.9 Å². The third-order valence-electron chi connectivity index (χ3n) is 4.47. The highest BCUT2D eigenvalue weighted by atomic mass is 127. The first-order valence-corrected chi connectivity index (χ1v) is 11.9. The monoisotopic (exact) mass is 526 g/mol. The molecule has 0 bridgehead atoms. The van der Waals surface area contributed by atoms with Gasteiger partial charge in [0.2, 0.25) is 0 Å². The van der Waals surface area contributed by atoms with Crippen molar-refractivity contribution >= 4 is 51.7 Å². The molecule has 3 aromatic carbocycles. The van der Waals surface area contributed by atoms with Crippen LogP contribution in [0.2, 0.25) is 0 Å². The summed E-state index contributed by atoms with van der Waals surface area (Å²) < 4.78 is 11.7. The molecule has 28 heavy (non-hydrogen) atoms. The molecule has 146 valence electrons. The van der Waals surface area contributed by atoms with Crippen molar-refractivity contribution in [2.24, 2.45) is 0 Å². The van der Waals surface area contributed by atoms with Crippen LogP contribution in [0.15, 0.2) is 91.0 Å². The minimum Gasteiger partial charge on any atom is -1.00 e. The SMILES string of the molecule is COC(=O)C(OCI)[P+](c1ccccc1)(c1ccccc1)c1ccccc1.[Cl-]. The fourth-order valence-electron chi connectivity index (χ4n) is 3.34. The van der Waals surface area contributed by atoms with E-state index >= 15 is 0 Å². The van der Waals surface area contributed by atoms with Gasteiger partial charge >= 0.3 is 5.97 Å². The maximum absolute atomic E-state index is 12.9. The second-order valence-corrected chi connectivity index (χ2v) is 9.97. The Balaban J connectivity index is 0.00000280. The van der Waals surface area contributed by atoms with Crippen molar-refractivity contribution in [2.45, 2.75) is 5.85 Å². The molecule has 0 saturated heterocycles. The Morgan fingerprint density at radius 1 is 0.821 bits per heavy atom. The van der Waals surface area contributed by atoms with Gasteiger partial charge in [0, 0.05) is 0 Å². The van der Waals surface area contributed by atoms with E-state index < -0.39 is 13.1 Å². The van der Waals surface area contributed by atoms with Gasteiger partial charge in [-0.15, -0.1) is 0 Å². The second-order valence-electron chi connectivity index (χ2n) is 5.88. The molecule has 0 saturated carbocycles. The fourth-order valence-corrected chi connectivity index (χ4v) is 8.34. The number of benzene rings is 3. The van der Waals surface area contributed by atoms with E-state index in [4.69, 9.17) is 9.47 Å². The van der Waals surface area contributed by atoms with Gasteiger partial charge in [-0.2, -0.15) is 0 Å². The highest BCUT2D eigenvalue weighted by Gasteiger charge is 2.57. The summed E-state index contributed by atoms with van der Waals surface area (Å²) >= 11 is 2.14. The molecule has 0 radical (unpaired) electrons. The molecule has 0 aliphatic carbocycles. The van der Waals surface area contributed by atoms with Gasteiger partial charge in [-0.1, -0.05) is 77.2 Å². The summed E-state index contributed by atoms with van der Waals surface area (Å²) in [5.41, 5.74) is 0. The Bertz CT molecular complexity index is 766. The standard InChI is InChI=1S/C22H21IO3P.ClH/c1-25-21(24)22(26-17-23)27(18-11-5-2-6-12-18,19-13-7-3-8-14-19)20-15-9-4-10-16-20;/h2-16,22H,17H2,1H3;1H/q+1;/p-1. The summed E-state index contributed by atoms with van der Waals surface area (Å²) in [6.07, 6.45) is 0. The number of ether oxygens (including phenoxy) is 2. The minimum absolute atomic E-state index is 0. The molecule has 3 aromatic rings. The maximum Gasteiger partial charge on any atom is 0.376 e. The van der Waals surface area contributed by atoms with Crippen molar-refractivity contribution in [3.63, 3.8) is 0 Å². The first-order valence-electron chi connectivity index (χ1n) is 8.56. The van der Waals surface area contributed by atoms with Gasteiger partial charge in [-0.05, 0) is 36.4 Å². The number of carbonyl (C=O) groups is 1. The van der Waals surface area contributed by atoms with Crippen LogP contribution in [0.25, 0.3) is 0 Å². The lowest BCUT2D eigenvalue weighted by atomic mass is 10.4. The van der Waals surface area contributed by atoms with E-state index in [0.717, 1.165) is 15.9 Å². The summed E-state index contributed by atoms with van der Waals surface area (Å²) in [6.45, 7) is 0. The van der Waals surface area contributed by atoms with E-state index in [-0.39, 0.29) is 18.4 Å². The van der Waals surface area contributed by atoms with Crippen molar-refractivity contribution in [2.75, 3.05) is 11.7 Å². The molecule has 0 aromatic heterocycles. The highest BCUT2D eigenvalue weighted by Crippen LogP contribution is 2.60. The molecule has 1 atom stereocenters. The molecule has 0 aliphatic rings. The van der Waals surface area contributed by atoms with Crippen molar-refractivity contribution in [3.8, 4) is 0 Å². The Labute approximate surface area is 186 Å². The quantitative estimate of drug-likeness (QED) is 0.199. The molecule has 0 fully saturated rings. The second kappa shape index (κ2) is 10.9. The molecule has 0 heterocycles. The summed E-state index contributed by atoms with van der Waals surface area (Å²) in [7, 11) is -1.04. The first kappa shape index (κ1) is 22.8. The van der Waals surface area contributed by atoms with Crippen LogP contribution < -0.4 is 28.3 Å². The Hall–Kier alpha value is -1.46. The number of hydrogen-bond donors (Lipinski definition) is 0. The fraction of sp³-hybridized carbons (Fsp3) is 0.136. The minimum atomic E-state index is -2.45. The van der Waals surface area contributed by atoms with Crippen LogP contribution >= 0.6 is 29.9 Å². The number of carbonyl (C=O) groups excluding carboxylic acids is 1. The average molecular weight is 527 g/mol. The molecule has 1 unspecified atom stereocenters. The van der Waals surface area contributed by atoms with Crippen LogP contribution in [-0.4, -0.2) is 23.5 Å². The van der Waals surface area contributed by atoms with Crippen molar-refractivity contribution in [3.05, 3.63) is 91.0 Å². The van der Waals surface area contributed by atoms with Gasteiger partial charge in [-0.3, -0.25) is 0 Å². The lowest BCUT2D eigenvalue weighted by Gasteiger charge is -2.32. The number of esters is 1. The van der Waals surface area contributed by atoms with Crippen LogP contribution in [0.1, 0.15) is 0 Å². The number of hydrogen-bond acceptors (Lipinski definition) is 3. The lowest BCUT2D eigenvalue weighted by molar-refractivity contribution is -0.147. The lowest BCUT2D eigenvalue weighted by Crippen LogP contribution is -3.00. The molecule has 0 amide bonds. The predicted molar refractivity (Wildman–Crippen MR) is 121 cm³/mol. The van der Waals surface area contributed by atoms with E-state index in [9.17, 15) is 4.79 Å². The van der Waals surface area contributed by atoms with Crippen LogP contribution in [-0.2, 0) is 14.3 Å². The largest absolute Gasteiger partial charge is 1.00 e. The topological polar surface area (TPSA) is 35.5 Å². The zero-order valence-corrected chi connectivity index (χ0v) is 19.2. The Morgan fingerprint density at radius 3 is 1.46 bits per heavy atom. The number of rotatable bonds is 7. The maximum atomic E-state index is 12.9. The van der Waals surface area contributed by atoms with Gasteiger partial charge in [0.25, 0.3) is 5.85 Å². The number of alkyl halides is 1. The van der Waals surface area contributed by atoms with Gasteiger partial charge in [-0.25, -0.2) is 4.79 Å². The first-order chi connectivity index (χ1) is 13.2. The zero-order chi connectivity index (χ0) is 19.1. The van der Waals surface area contributed by atoms with Gasteiger partial charge in [0.15, 0.2) is 7.26 Å². The van der Waals surface area contributed by atoms with Crippen molar-refractivity contribution in [1.82, 2.24) is 0 Å². The summed E-state index contributed by atoms with van der Waals surface area (Å²) in [6, 6.07) is 30.5. The van der Waals surface area contributed by atoms with Crippen molar-refractivity contribution in [1.29, 1.82) is 0 Å². The molecule has 0 spiro atoms. The van der Waals surface area contributed by atoms with Gasteiger partial charge in [0.1, 0.15) is 20.5 Å². The highest BCUT2D eigenvalue weighted by molar-refractivity contribution is 14.1. The predicted octanol–water partition coefficient (Wildman–Crippen LogP) is 0.893. The van der Waals surface area contributed by atoms with E-state index in [0.29, 0.717) is 4.61 Å². The van der Waals surface area contributed by atoms with Crippen LogP contribution in [0.4, 0.5) is 0 Å². The molecule has 0 aliphatic heterocycles. The number of methoxy groups -OCH3 is 1. The molecule has 6 heteroatoms. The van der Waals surface area contributed by atoms with E-state index in [2.05, 4.69) is 59.0 Å². The summed E-state index contributed by atoms with van der Waals surface area (Å²) in [5, 5.41) is 3.26. The molecular formula is C22H21ClIO3P. The van der Waals surface area contributed by atoms with Gasteiger partial charge in [0.05, 0.1) is 7.11 Å². The van der Waals surface area contributed by atoms with Crippen molar-refractivity contribution < 1.29 is 26.7 Å².